The molecular weight excluding hydrogens is 230 g/mol. The predicted octanol–water partition coefficient (Wildman–Crippen LogP) is 2.37. The Labute approximate surface area is 93.6 Å². The van der Waals surface area contributed by atoms with Crippen LogP contribution in [0, 0.1) is 0 Å². The van der Waals surface area contributed by atoms with Crippen LogP contribution in [0.5, 0.6) is 0 Å². The molecule has 0 radical (unpaired) electrons. The first-order valence-corrected chi connectivity index (χ1v) is 4.30. The Morgan fingerprint density at radius 2 is 1.62 bits per heavy atom. The molecule has 5 heteroatoms. The van der Waals surface area contributed by atoms with Crippen LogP contribution in [0.1, 0.15) is 11.6 Å². The van der Waals surface area contributed by atoms with Gasteiger partial charge in [0.1, 0.15) is 0 Å². The van der Waals surface area contributed by atoms with Crippen molar-refractivity contribution in [2.75, 3.05) is 6.54 Å². The second-order valence-electron chi connectivity index (χ2n) is 2.54. The van der Waals surface area contributed by atoms with E-state index < -0.39 is 0 Å². The van der Waals surface area contributed by atoms with Crippen LogP contribution < -0.4 is 11.5 Å². The summed E-state index contributed by atoms with van der Waals surface area (Å²) in [5, 5.41) is 1.17. The Bertz CT molecular complexity index is 258. The lowest BCUT2D eigenvalue weighted by atomic mass is 10.1. The van der Waals surface area contributed by atoms with Gasteiger partial charge in [-0.3, -0.25) is 0 Å². The lowest BCUT2D eigenvalue weighted by molar-refractivity contribution is 0.737. The molecule has 0 aromatic heterocycles. The summed E-state index contributed by atoms with van der Waals surface area (Å²) in [6, 6.07) is 5.01. The highest BCUT2D eigenvalue weighted by Gasteiger charge is 2.05. The minimum atomic E-state index is -0.193. The van der Waals surface area contributed by atoms with Crippen molar-refractivity contribution in [2.45, 2.75) is 6.04 Å². The van der Waals surface area contributed by atoms with Crippen LogP contribution >= 0.6 is 35.6 Å². The molecule has 13 heavy (non-hydrogen) atoms. The molecule has 2 nitrogen and oxygen atoms in total. The number of hydrogen-bond acceptors (Lipinski definition) is 2. The van der Waals surface area contributed by atoms with Crippen LogP contribution in [-0.4, -0.2) is 6.54 Å². The quantitative estimate of drug-likeness (QED) is 0.835. The molecular formula is C8H11Cl3N2. The van der Waals surface area contributed by atoms with Gasteiger partial charge in [0.25, 0.3) is 0 Å². The predicted molar refractivity (Wildman–Crippen MR) is 59.7 cm³/mol. The van der Waals surface area contributed by atoms with Gasteiger partial charge in [-0.25, -0.2) is 0 Å². The molecule has 0 aliphatic heterocycles. The third-order valence-electron chi connectivity index (χ3n) is 1.57. The molecule has 0 saturated heterocycles. The maximum absolute atomic E-state index is 5.77. The summed E-state index contributed by atoms with van der Waals surface area (Å²) in [6.07, 6.45) is 0. The highest BCUT2D eigenvalue weighted by molar-refractivity contribution is 6.34. The molecule has 0 amide bonds. The minimum Gasteiger partial charge on any atom is -0.329 e. The first-order valence-electron chi connectivity index (χ1n) is 3.55. The van der Waals surface area contributed by atoms with Crippen LogP contribution in [-0.2, 0) is 0 Å². The molecule has 0 heterocycles. The fraction of sp³-hybridized carbons (Fsp3) is 0.250. The number of nitrogens with two attached hydrogens (primary N) is 2. The van der Waals surface area contributed by atoms with E-state index in [-0.39, 0.29) is 18.4 Å². The first kappa shape index (κ1) is 13.0. The van der Waals surface area contributed by atoms with Crippen LogP contribution in [0.25, 0.3) is 0 Å². The van der Waals surface area contributed by atoms with Crippen LogP contribution in [0.2, 0.25) is 10.0 Å². The SMILES string of the molecule is Cl.NCC(N)c1cc(Cl)cc(Cl)c1. The monoisotopic (exact) mass is 240 g/mol. The zero-order chi connectivity index (χ0) is 9.14. The van der Waals surface area contributed by atoms with Crippen molar-refractivity contribution in [3.05, 3.63) is 33.8 Å². The van der Waals surface area contributed by atoms with E-state index in [0.717, 1.165) is 5.56 Å². The van der Waals surface area contributed by atoms with E-state index in [1.54, 1.807) is 18.2 Å². The smallest absolute Gasteiger partial charge is 0.0424 e. The van der Waals surface area contributed by atoms with E-state index in [1.165, 1.54) is 0 Å². The van der Waals surface area contributed by atoms with Gasteiger partial charge in [0.2, 0.25) is 0 Å². The van der Waals surface area contributed by atoms with Gasteiger partial charge in [0.05, 0.1) is 0 Å². The highest BCUT2D eigenvalue weighted by atomic mass is 35.5. The summed E-state index contributed by atoms with van der Waals surface area (Å²) >= 11 is 11.5. The van der Waals surface area contributed by atoms with Crippen LogP contribution in [0.4, 0.5) is 0 Å². The molecule has 74 valence electrons. The highest BCUT2D eigenvalue weighted by Crippen LogP contribution is 2.21. The average molecular weight is 242 g/mol. The zero-order valence-corrected chi connectivity index (χ0v) is 9.16. The molecule has 0 bridgehead atoms. The number of rotatable bonds is 2. The molecule has 1 aromatic carbocycles. The molecule has 1 rings (SSSR count). The topological polar surface area (TPSA) is 52.0 Å². The average Bonchev–Trinajstić information content (AvgIpc) is 2.01. The van der Waals surface area contributed by atoms with E-state index in [4.69, 9.17) is 34.7 Å². The molecule has 1 unspecified atom stereocenters. The lowest BCUT2D eigenvalue weighted by Crippen LogP contribution is -2.20. The first-order chi connectivity index (χ1) is 5.63. The number of benzene rings is 1. The summed E-state index contributed by atoms with van der Waals surface area (Å²) in [7, 11) is 0. The Morgan fingerprint density at radius 3 is 2.00 bits per heavy atom. The fourth-order valence-corrected chi connectivity index (χ4v) is 1.47. The van der Waals surface area contributed by atoms with Gasteiger partial charge in [0, 0.05) is 22.6 Å². The van der Waals surface area contributed by atoms with Crippen LogP contribution in [0.15, 0.2) is 18.2 Å². The van der Waals surface area contributed by atoms with Crippen LogP contribution in [0.3, 0.4) is 0 Å². The lowest BCUT2D eigenvalue weighted by Gasteiger charge is -2.09. The molecule has 0 aliphatic carbocycles. The molecule has 1 aromatic rings. The van der Waals surface area contributed by atoms with E-state index in [2.05, 4.69) is 0 Å². The summed E-state index contributed by atoms with van der Waals surface area (Å²) in [6.45, 7) is 0.386. The Hall–Kier alpha value is 0.01000. The number of halogens is 3. The van der Waals surface area contributed by atoms with Gasteiger partial charge in [0.15, 0.2) is 0 Å². The summed E-state index contributed by atoms with van der Waals surface area (Å²) in [5.41, 5.74) is 12.0. The van der Waals surface area contributed by atoms with Gasteiger partial charge >= 0.3 is 0 Å². The van der Waals surface area contributed by atoms with Crippen molar-refractivity contribution >= 4 is 35.6 Å². The normalized spacial score (nSPS) is 12.0. The third kappa shape index (κ3) is 3.71. The molecule has 4 N–H and O–H groups in total. The fourth-order valence-electron chi connectivity index (χ4n) is 0.925. The van der Waals surface area contributed by atoms with Gasteiger partial charge in [-0.1, -0.05) is 23.2 Å². The summed E-state index contributed by atoms with van der Waals surface area (Å²) in [5.74, 6) is 0. The molecule has 1 atom stereocenters. The molecule has 0 fully saturated rings. The second kappa shape index (κ2) is 5.68. The van der Waals surface area contributed by atoms with E-state index in [0.29, 0.717) is 16.6 Å². The standard InChI is InChI=1S/C8H10Cl2N2.ClH/c9-6-1-5(8(12)4-11)2-7(10)3-6;/h1-3,8H,4,11-12H2;1H. The maximum Gasteiger partial charge on any atom is 0.0424 e. The second-order valence-corrected chi connectivity index (χ2v) is 3.42. The molecule has 0 aliphatic rings. The minimum absolute atomic E-state index is 0. The van der Waals surface area contributed by atoms with E-state index in [1.807, 2.05) is 0 Å². The van der Waals surface area contributed by atoms with Gasteiger partial charge in [-0.05, 0) is 23.8 Å². The zero-order valence-electron chi connectivity index (χ0n) is 6.84. The number of hydrogen-bond donors (Lipinski definition) is 2. The Morgan fingerprint density at radius 1 is 1.15 bits per heavy atom. The summed E-state index contributed by atoms with van der Waals surface area (Å²) in [4.78, 5) is 0. The Kier molecular flexibility index (Phi) is 5.68. The molecule has 0 saturated carbocycles. The Balaban J connectivity index is 0.00000144. The van der Waals surface area contributed by atoms with Crippen molar-refractivity contribution in [3.63, 3.8) is 0 Å². The maximum atomic E-state index is 5.77. The van der Waals surface area contributed by atoms with Crippen molar-refractivity contribution in [1.29, 1.82) is 0 Å². The van der Waals surface area contributed by atoms with Gasteiger partial charge in [-0.2, -0.15) is 0 Å². The van der Waals surface area contributed by atoms with Crippen molar-refractivity contribution in [1.82, 2.24) is 0 Å². The van der Waals surface area contributed by atoms with E-state index in [9.17, 15) is 0 Å². The van der Waals surface area contributed by atoms with Crippen molar-refractivity contribution in [2.24, 2.45) is 11.5 Å². The van der Waals surface area contributed by atoms with Gasteiger partial charge in [-0.15, -0.1) is 12.4 Å². The molecule has 0 spiro atoms. The van der Waals surface area contributed by atoms with Crippen molar-refractivity contribution < 1.29 is 0 Å². The summed E-state index contributed by atoms with van der Waals surface area (Å²) < 4.78 is 0. The largest absolute Gasteiger partial charge is 0.329 e. The van der Waals surface area contributed by atoms with Crippen molar-refractivity contribution in [3.8, 4) is 0 Å². The van der Waals surface area contributed by atoms with E-state index >= 15 is 0 Å². The third-order valence-corrected chi connectivity index (χ3v) is 2.00. The van der Waals surface area contributed by atoms with Gasteiger partial charge < -0.3 is 11.5 Å².